The highest BCUT2D eigenvalue weighted by molar-refractivity contribution is 5.78. The zero-order valence-corrected chi connectivity index (χ0v) is 16.8. The number of methoxy groups -OCH3 is 2. The van der Waals surface area contributed by atoms with Crippen LogP contribution in [0.4, 0.5) is 0 Å². The van der Waals surface area contributed by atoms with Crippen molar-refractivity contribution < 1.29 is 23.9 Å². The molecule has 0 bridgehead atoms. The molecule has 152 valence electrons. The monoisotopic (exact) mass is 396 g/mol. The van der Waals surface area contributed by atoms with E-state index in [4.69, 9.17) is 19.5 Å². The minimum Gasteiger partial charge on any atom is -0.497 e. The molecule has 1 N–H and O–H groups in total. The van der Waals surface area contributed by atoms with E-state index in [1.807, 2.05) is 23.1 Å². The van der Waals surface area contributed by atoms with E-state index >= 15 is 0 Å². The number of ether oxygens (including phenoxy) is 3. The molecule has 0 spiro atoms. The quantitative estimate of drug-likeness (QED) is 0.752. The number of amides is 1. The van der Waals surface area contributed by atoms with Crippen LogP contribution in [0, 0.1) is 11.3 Å². The summed E-state index contributed by atoms with van der Waals surface area (Å²) in [5.74, 6) is 2.04. The Morgan fingerprint density at radius 1 is 1.10 bits per heavy atom. The maximum atomic E-state index is 12.5. The lowest BCUT2D eigenvalue weighted by Gasteiger charge is -2.32. The lowest BCUT2D eigenvalue weighted by Crippen LogP contribution is -3.13. The number of hydrogen-bond donors (Lipinski definition) is 1. The summed E-state index contributed by atoms with van der Waals surface area (Å²) in [5.41, 5.74) is 1.53. The summed E-state index contributed by atoms with van der Waals surface area (Å²) in [6.07, 6.45) is 0. The van der Waals surface area contributed by atoms with Crippen molar-refractivity contribution in [1.29, 1.82) is 5.26 Å². The normalized spacial score (nSPS) is 14.2. The van der Waals surface area contributed by atoms with E-state index in [1.54, 1.807) is 38.5 Å². The molecule has 7 nitrogen and oxygen atoms in total. The van der Waals surface area contributed by atoms with Crippen LogP contribution in [0.1, 0.15) is 11.1 Å². The zero-order chi connectivity index (χ0) is 20.6. The minimum atomic E-state index is -0.0595. The van der Waals surface area contributed by atoms with Gasteiger partial charge in [-0.3, -0.25) is 4.79 Å². The van der Waals surface area contributed by atoms with Crippen LogP contribution in [0.25, 0.3) is 0 Å². The molecule has 0 radical (unpaired) electrons. The summed E-state index contributed by atoms with van der Waals surface area (Å²) in [6, 6.07) is 14.8. The second-order valence-electron chi connectivity index (χ2n) is 6.88. The first-order valence-electron chi connectivity index (χ1n) is 9.58. The fourth-order valence-corrected chi connectivity index (χ4v) is 3.45. The highest BCUT2D eigenvalue weighted by atomic mass is 16.5. The number of hydrogen-bond acceptors (Lipinski definition) is 5. The number of quaternary nitrogens is 1. The smallest absolute Gasteiger partial charge is 0.260 e. The number of piperazine rings is 1. The highest BCUT2D eigenvalue weighted by Gasteiger charge is 2.25. The molecule has 29 heavy (non-hydrogen) atoms. The number of rotatable bonds is 7. The average molecular weight is 396 g/mol. The van der Waals surface area contributed by atoms with Crippen molar-refractivity contribution in [2.75, 3.05) is 47.0 Å². The van der Waals surface area contributed by atoms with Crippen LogP contribution in [0.2, 0.25) is 0 Å². The Kier molecular flexibility index (Phi) is 6.93. The van der Waals surface area contributed by atoms with Gasteiger partial charge in [-0.1, -0.05) is 12.1 Å². The topological polar surface area (TPSA) is 76.2 Å². The first kappa shape index (κ1) is 20.5. The van der Waals surface area contributed by atoms with Gasteiger partial charge < -0.3 is 24.0 Å². The second kappa shape index (κ2) is 9.80. The molecule has 0 aliphatic carbocycles. The minimum absolute atomic E-state index is 0.0578. The summed E-state index contributed by atoms with van der Waals surface area (Å²) in [4.78, 5) is 15.7. The first-order chi connectivity index (χ1) is 14.1. The molecular formula is C22H26N3O4+. The van der Waals surface area contributed by atoms with Gasteiger partial charge in [-0.05, 0) is 30.3 Å². The summed E-state index contributed by atoms with van der Waals surface area (Å²) in [7, 11) is 3.32. The summed E-state index contributed by atoms with van der Waals surface area (Å²) < 4.78 is 16.4. The number of para-hydroxylation sites is 1. The number of nitrogens with one attached hydrogen (secondary N) is 1. The van der Waals surface area contributed by atoms with Crippen molar-refractivity contribution in [2.45, 2.75) is 6.54 Å². The Morgan fingerprint density at radius 2 is 1.86 bits per heavy atom. The Bertz CT molecular complexity index is 886. The third-order valence-electron chi connectivity index (χ3n) is 5.11. The molecule has 0 saturated carbocycles. The van der Waals surface area contributed by atoms with Crippen molar-refractivity contribution in [2.24, 2.45) is 0 Å². The van der Waals surface area contributed by atoms with Gasteiger partial charge in [0, 0.05) is 0 Å². The largest absolute Gasteiger partial charge is 0.497 e. The van der Waals surface area contributed by atoms with Crippen LogP contribution in [0.15, 0.2) is 42.5 Å². The molecular weight excluding hydrogens is 370 g/mol. The fourth-order valence-electron chi connectivity index (χ4n) is 3.45. The van der Waals surface area contributed by atoms with Gasteiger partial charge in [0.1, 0.15) is 29.9 Å². The van der Waals surface area contributed by atoms with E-state index in [-0.39, 0.29) is 12.5 Å². The van der Waals surface area contributed by atoms with Gasteiger partial charge in [-0.25, -0.2) is 0 Å². The average Bonchev–Trinajstić information content (AvgIpc) is 2.78. The van der Waals surface area contributed by atoms with E-state index in [9.17, 15) is 4.79 Å². The van der Waals surface area contributed by atoms with Crippen molar-refractivity contribution in [3.63, 3.8) is 0 Å². The Hall–Kier alpha value is -3.24. The lowest BCUT2D eigenvalue weighted by atomic mass is 10.1. The summed E-state index contributed by atoms with van der Waals surface area (Å²) in [5, 5.41) is 9.11. The fraction of sp³-hybridized carbons (Fsp3) is 0.364. The standard InChI is InChI=1S/C22H25N3O4/c1-27-19-7-8-20(28-2)18(13-19)15-24-9-11-25(12-10-24)22(26)16-29-21-6-4-3-5-17(21)14-23/h3-8,13H,9-12,15-16H2,1-2H3/p+1. The second-order valence-corrected chi connectivity index (χ2v) is 6.88. The van der Waals surface area contributed by atoms with E-state index in [2.05, 4.69) is 6.07 Å². The molecule has 1 saturated heterocycles. The van der Waals surface area contributed by atoms with Gasteiger partial charge in [0.2, 0.25) is 0 Å². The molecule has 1 aliphatic rings. The molecule has 0 atom stereocenters. The maximum Gasteiger partial charge on any atom is 0.260 e. The molecule has 2 aromatic rings. The molecule has 7 heteroatoms. The summed E-state index contributed by atoms with van der Waals surface area (Å²) in [6.45, 7) is 3.79. The van der Waals surface area contributed by atoms with E-state index in [0.29, 0.717) is 24.4 Å². The van der Waals surface area contributed by atoms with E-state index < -0.39 is 0 Å². The van der Waals surface area contributed by atoms with Gasteiger partial charge in [0.05, 0.1) is 51.5 Å². The van der Waals surface area contributed by atoms with Crippen molar-refractivity contribution in [3.8, 4) is 23.3 Å². The number of benzene rings is 2. The predicted molar refractivity (Wildman–Crippen MR) is 107 cm³/mol. The predicted octanol–water partition coefficient (Wildman–Crippen LogP) is 0.882. The Labute approximate surface area is 171 Å². The van der Waals surface area contributed by atoms with Crippen LogP contribution < -0.4 is 19.1 Å². The van der Waals surface area contributed by atoms with Crippen LogP contribution >= 0.6 is 0 Å². The first-order valence-corrected chi connectivity index (χ1v) is 9.58. The molecule has 0 aromatic heterocycles. The lowest BCUT2D eigenvalue weighted by molar-refractivity contribution is -0.917. The third kappa shape index (κ3) is 5.18. The van der Waals surface area contributed by atoms with E-state index in [0.717, 1.165) is 36.7 Å². The van der Waals surface area contributed by atoms with Crippen LogP contribution in [0.3, 0.4) is 0 Å². The molecule has 2 aromatic carbocycles. The zero-order valence-electron chi connectivity index (χ0n) is 16.8. The van der Waals surface area contributed by atoms with Gasteiger partial charge in [-0.15, -0.1) is 0 Å². The van der Waals surface area contributed by atoms with Crippen molar-refractivity contribution in [3.05, 3.63) is 53.6 Å². The van der Waals surface area contributed by atoms with Crippen LogP contribution in [-0.4, -0.2) is 57.8 Å². The van der Waals surface area contributed by atoms with Gasteiger partial charge in [0.15, 0.2) is 6.61 Å². The number of carbonyl (C=O) groups is 1. The molecule has 0 unspecified atom stereocenters. The van der Waals surface area contributed by atoms with Crippen LogP contribution in [0.5, 0.6) is 17.2 Å². The molecule has 1 heterocycles. The van der Waals surface area contributed by atoms with Crippen molar-refractivity contribution >= 4 is 5.91 Å². The van der Waals surface area contributed by atoms with Gasteiger partial charge in [0.25, 0.3) is 5.91 Å². The van der Waals surface area contributed by atoms with Crippen molar-refractivity contribution in [1.82, 2.24) is 4.90 Å². The number of carbonyl (C=O) groups excluding carboxylic acids is 1. The summed E-state index contributed by atoms with van der Waals surface area (Å²) >= 11 is 0. The third-order valence-corrected chi connectivity index (χ3v) is 5.11. The van der Waals surface area contributed by atoms with Gasteiger partial charge >= 0.3 is 0 Å². The van der Waals surface area contributed by atoms with Crippen LogP contribution in [-0.2, 0) is 11.3 Å². The SMILES string of the molecule is COc1ccc(OC)c(C[NH+]2CCN(C(=O)COc3ccccc3C#N)CC2)c1. The van der Waals surface area contributed by atoms with E-state index in [1.165, 1.54) is 4.90 Å². The Balaban J connectivity index is 1.51. The number of nitrogens with zero attached hydrogens (tertiary/aromatic N) is 2. The maximum absolute atomic E-state index is 12.5. The number of nitriles is 1. The molecule has 1 fully saturated rings. The molecule has 1 aliphatic heterocycles. The molecule has 1 amide bonds. The highest BCUT2D eigenvalue weighted by Crippen LogP contribution is 2.23. The molecule has 3 rings (SSSR count). The Morgan fingerprint density at radius 3 is 2.55 bits per heavy atom. The van der Waals surface area contributed by atoms with Gasteiger partial charge in [-0.2, -0.15) is 5.26 Å².